The van der Waals surface area contributed by atoms with Gasteiger partial charge in [0.1, 0.15) is 6.10 Å². The average molecular weight is 350 g/mol. The third-order valence-corrected chi connectivity index (χ3v) is 7.18. The molecule has 0 amide bonds. The van der Waals surface area contributed by atoms with E-state index in [9.17, 15) is 25.2 Å². The van der Waals surface area contributed by atoms with E-state index in [1.54, 1.807) is 0 Å². The van der Waals surface area contributed by atoms with Crippen LogP contribution in [0.25, 0.3) is 0 Å². The van der Waals surface area contributed by atoms with E-state index in [1.807, 2.05) is 13.0 Å². The second-order valence-corrected chi connectivity index (χ2v) is 8.67. The molecule has 0 aromatic rings. The van der Waals surface area contributed by atoms with Crippen molar-refractivity contribution < 1.29 is 25.2 Å². The molecule has 0 saturated heterocycles. The Balaban J connectivity index is 2.18. The van der Waals surface area contributed by atoms with Crippen LogP contribution in [-0.2, 0) is 4.79 Å². The van der Waals surface area contributed by atoms with Crippen LogP contribution in [0.3, 0.4) is 0 Å². The van der Waals surface area contributed by atoms with Crippen molar-refractivity contribution in [3.05, 3.63) is 22.8 Å². The standard InChI is InChI=1S/C20H30O5/c1-11(9-21)16-18(25)17(24)14-8-13-12(10-22)15(23)4-5-19(13,2)6-7-20(14,16)3/h8,11,16-18,21-22,24-25H,4-7,9-10H2,1-3H3/t11?,16-,17-,18-,19-,20-/m0/s1. The summed E-state index contributed by atoms with van der Waals surface area (Å²) < 4.78 is 0. The number of rotatable bonds is 3. The van der Waals surface area contributed by atoms with Crippen molar-refractivity contribution >= 4 is 5.78 Å². The molecule has 25 heavy (non-hydrogen) atoms. The number of aliphatic hydroxyl groups excluding tert-OH is 4. The van der Waals surface area contributed by atoms with E-state index in [0.717, 1.165) is 30.4 Å². The van der Waals surface area contributed by atoms with Crippen molar-refractivity contribution in [1.82, 2.24) is 0 Å². The second-order valence-electron chi connectivity index (χ2n) is 8.67. The zero-order chi connectivity index (χ0) is 18.6. The number of aliphatic hydroxyl groups is 4. The Bertz CT molecular complexity index is 636. The number of hydrogen-bond acceptors (Lipinski definition) is 5. The Morgan fingerprint density at radius 3 is 2.48 bits per heavy atom. The summed E-state index contributed by atoms with van der Waals surface area (Å²) in [5, 5.41) is 40.8. The Kier molecular flexibility index (Phi) is 4.73. The van der Waals surface area contributed by atoms with Gasteiger partial charge in [-0.1, -0.05) is 26.8 Å². The van der Waals surface area contributed by atoms with E-state index in [1.165, 1.54) is 0 Å². The summed E-state index contributed by atoms with van der Waals surface area (Å²) in [4.78, 5) is 12.3. The van der Waals surface area contributed by atoms with Gasteiger partial charge in [0.05, 0.1) is 12.7 Å². The molecule has 6 atom stereocenters. The molecule has 0 spiro atoms. The minimum Gasteiger partial charge on any atom is -0.396 e. The number of allylic oxidation sites excluding steroid dienone is 2. The zero-order valence-electron chi connectivity index (χ0n) is 15.3. The third kappa shape index (κ3) is 2.64. The summed E-state index contributed by atoms with van der Waals surface area (Å²) in [5.41, 5.74) is 1.38. The first-order valence-electron chi connectivity index (χ1n) is 9.26. The lowest BCUT2D eigenvalue weighted by atomic mass is 9.65. The molecule has 1 fully saturated rings. The van der Waals surface area contributed by atoms with Gasteiger partial charge in [0.2, 0.25) is 0 Å². The monoisotopic (exact) mass is 350 g/mol. The van der Waals surface area contributed by atoms with Gasteiger partial charge in [-0.3, -0.25) is 4.79 Å². The second kappa shape index (κ2) is 6.31. The lowest BCUT2D eigenvalue weighted by Gasteiger charge is -2.39. The largest absolute Gasteiger partial charge is 0.396 e. The van der Waals surface area contributed by atoms with Crippen LogP contribution in [0.1, 0.15) is 46.5 Å². The minimum absolute atomic E-state index is 0.0243. The Labute approximate surface area is 149 Å². The molecule has 5 nitrogen and oxygen atoms in total. The molecule has 1 saturated carbocycles. The van der Waals surface area contributed by atoms with Gasteiger partial charge in [-0.15, -0.1) is 0 Å². The van der Waals surface area contributed by atoms with E-state index in [0.29, 0.717) is 12.0 Å². The minimum atomic E-state index is -1.00. The Hall–Kier alpha value is -1.01. The highest BCUT2D eigenvalue weighted by molar-refractivity contribution is 5.98. The van der Waals surface area contributed by atoms with Crippen LogP contribution >= 0.6 is 0 Å². The normalized spacial score (nSPS) is 42.6. The van der Waals surface area contributed by atoms with Crippen LogP contribution in [0.2, 0.25) is 0 Å². The van der Waals surface area contributed by atoms with Crippen molar-refractivity contribution in [2.24, 2.45) is 22.7 Å². The van der Waals surface area contributed by atoms with Crippen molar-refractivity contribution in [2.45, 2.75) is 58.7 Å². The average Bonchev–Trinajstić information content (AvgIpc) is 2.69. The fourth-order valence-electron chi connectivity index (χ4n) is 5.50. The van der Waals surface area contributed by atoms with Crippen LogP contribution in [-0.4, -0.2) is 51.6 Å². The van der Waals surface area contributed by atoms with Crippen LogP contribution in [0, 0.1) is 22.7 Å². The first-order valence-corrected chi connectivity index (χ1v) is 9.26. The lowest BCUT2D eigenvalue weighted by Crippen LogP contribution is -2.37. The van der Waals surface area contributed by atoms with Crippen LogP contribution in [0.15, 0.2) is 22.8 Å². The summed E-state index contributed by atoms with van der Waals surface area (Å²) in [6.45, 7) is 5.74. The number of Topliss-reactive ketones (excluding diaryl/α,β-unsaturated/α-hetero) is 1. The van der Waals surface area contributed by atoms with E-state index < -0.39 is 17.6 Å². The lowest BCUT2D eigenvalue weighted by molar-refractivity contribution is -0.117. The van der Waals surface area contributed by atoms with E-state index in [4.69, 9.17) is 0 Å². The molecular weight excluding hydrogens is 320 g/mol. The van der Waals surface area contributed by atoms with Crippen molar-refractivity contribution in [1.29, 1.82) is 0 Å². The maximum atomic E-state index is 12.3. The molecule has 5 heteroatoms. The van der Waals surface area contributed by atoms with E-state index in [-0.39, 0.29) is 36.2 Å². The maximum Gasteiger partial charge on any atom is 0.161 e. The fraction of sp³-hybridized carbons (Fsp3) is 0.750. The van der Waals surface area contributed by atoms with Crippen molar-refractivity contribution in [2.75, 3.05) is 13.2 Å². The molecule has 0 aromatic heterocycles. The third-order valence-electron chi connectivity index (χ3n) is 7.18. The van der Waals surface area contributed by atoms with Gasteiger partial charge in [0, 0.05) is 24.5 Å². The highest BCUT2D eigenvalue weighted by Crippen LogP contribution is 2.59. The van der Waals surface area contributed by atoms with Gasteiger partial charge in [0.25, 0.3) is 0 Å². The predicted octanol–water partition coefficient (Wildman–Crippen LogP) is 1.35. The molecule has 0 heterocycles. The first kappa shape index (κ1) is 18.8. The maximum absolute atomic E-state index is 12.3. The summed E-state index contributed by atoms with van der Waals surface area (Å²) >= 11 is 0. The molecule has 140 valence electrons. The van der Waals surface area contributed by atoms with E-state index in [2.05, 4.69) is 13.8 Å². The number of carbonyl (C=O) groups is 1. The Morgan fingerprint density at radius 2 is 1.88 bits per heavy atom. The molecule has 0 bridgehead atoms. The van der Waals surface area contributed by atoms with Crippen LogP contribution in [0.5, 0.6) is 0 Å². The smallest absolute Gasteiger partial charge is 0.161 e. The van der Waals surface area contributed by atoms with Gasteiger partial charge in [-0.25, -0.2) is 0 Å². The molecule has 3 aliphatic rings. The summed E-state index contributed by atoms with van der Waals surface area (Å²) in [7, 11) is 0. The molecule has 0 aliphatic heterocycles. The number of fused-ring (bicyclic) bond motifs is 2. The first-order chi connectivity index (χ1) is 11.7. The fourth-order valence-corrected chi connectivity index (χ4v) is 5.50. The SMILES string of the molecule is CC(CO)[C@H]1[C@H](O)[C@@H](O)C2=CC3=C(CO)C(=O)CC[C@@]3(C)CC[C@@]21C. The molecular formula is C20H30O5. The quantitative estimate of drug-likeness (QED) is 0.616. The van der Waals surface area contributed by atoms with Gasteiger partial charge < -0.3 is 20.4 Å². The summed E-state index contributed by atoms with van der Waals surface area (Å²) in [6, 6.07) is 0. The van der Waals surface area contributed by atoms with Crippen LogP contribution < -0.4 is 0 Å². The topological polar surface area (TPSA) is 98.0 Å². The highest BCUT2D eigenvalue weighted by Gasteiger charge is 2.57. The van der Waals surface area contributed by atoms with Crippen molar-refractivity contribution in [3.63, 3.8) is 0 Å². The molecule has 0 radical (unpaired) electrons. The molecule has 4 N–H and O–H groups in total. The summed E-state index contributed by atoms with van der Waals surface area (Å²) in [5.74, 6) is -0.401. The van der Waals surface area contributed by atoms with Gasteiger partial charge in [0.15, 0.2) is 5.78 Å². The van der Waals surface area contributed by atoms with Gasteiger partial charge in [-0.05, 0) is 47.2 Å². The molecule has 3 rings (SSSR count). The summed E-state index contributed by atoms with van der Waals surface area (Å²) in [6.07, 6.45) is 2.73. The Morgan fingerprint density at radius 1 is 1.20 bits per heavy atom. The number of carbonyl (C=O) groups excluding carboxylic acids is 1. The van der Waals surface area contributed by atoms with E-state index >= 15 is 0 Å². The van der Waals surface area contributed by atoms with Crippen molar-refractivity contribution in [3.8, 4) is 0 Å². The molecule has 3 aliphatic carbocycles. The van der Waals surface area contributed by atoms with Gasteiger partial charge in [-0.2, -0.15) is 0 Å². The molecule has 0 aromatic carbocycles. The number of ketones is 1. The zero-order valence-corrected chi connectivity index (χ0v) is 15.3. The number of hydrogen-bond donors (Lipinski definition) is 4. The van der Waals surface area contributed by atoms with Crippen LogP contribution in [0.4, 0.5) is 0 Å². The van der Waals surface area contributed by atoms with Gasteiger partial charge >= 0.3 is 0 Å². The highest BCUT2D eigenvalue weighted by atomic mass is 16.3. The molecule has 1 unspecified atom stereocenters. The predicted molar refractivity (Wildman–Crippen MR) is 93.6 cm³/mol.